The molecule has 1 saturated carbocycles. The molecule has 0 N–H and O–H groups in total. The van der Waals surface area contributed by atoms with E-state index in [9.17, 15) is 0 Å². The molecule has 0 spiro atoms. The van der Waals surface area contributed by atoms with Crippen LogP contribution in [0.2, 0.25) is 0 Å². The molecule has 1 fully saturated rings. The highest BCUT2D eigenvalue weighted by Crippen LogP contribution is 2.25. The lowest BCUT2D eigenvalue weighted by Crippen LogP contribution is -2.29. The molecule has 3 nitrogen and oxygen atoms in total. The highest BCUT2D eigenvalue weighted by molar-refractivity contribution is 5.04. The molecule has 2 unspecified atom stereocenters. The average Bonchev–Trinajstić information content (AvgIpc) is 2.20. The van der Waals surface area contributed by atoms with E-state index >= 15 is 0 Å². The number of methoxy groups -OCH3 is 1. The zero-order chi connectivity index (χ0) is 10.4. The van der Waals surface area contributed by atoms with Gasteiger partial charge in [0.2, 0.25) is 0 Å². The predicted octanol–water partition coefficient (Wildman–Crippen LogP) is 2.47. The Morgan fingerprint density at radius 1 is 1.50 bits per heavy atom. The molecule has 0 saturated heterocycles. The summed E-state index contributed by atoms with van der Waals surface area (Å²) in [4.78, 5) is 0. The zero-order valence-electron chi connectivity index (χ0n) is 9.12. The fourth-order valence-electron chi connectivity index (χ4n) is 1.64. The quantitative estimate of drug-likeness (QED) is 0.504. The van der Waals surface area contributed by atoms with Crippen LogP contribution in [0.1, 0.15) is 32.6 Å². The zero-order valence-corrected chi connectivity index (χ0v) is 9.12. The molecule has 1 aliphatic rings. The Hall–Kier alpha value is -0.380. The number of hydrogen-bond acceptors (Lipinski definition) is 3. The molecule has 0 heterocycles. The van der Waals surface area contributed by atoms with Gasteiger partial charge in [-0.05, 0) is 31.8 Å². The van der Waals surface area contributed by atoms with Crippen molar-refractivity contribution in [2.24, 2.45) is 0 Å². The average molecular weight is 200 g/mol. The van der Waals surface area contributed by atoms with Gasteiger partial charge in [0.25, 0.3) is 6.48 Å². The van der Waals surface area contributed by atoms with Crippen LogP contribution in [0, 0.1) is 0 Å². The van der Waals surface area contributed by atoms with E-state index in [0.717, 1.165) is 18.4 Å². The molecule has 14 heavy (non-hydrogen) atoms. The van der Waals surface area contributed by atoms with Crippen molar-refractivity contribution in [1.29, 1.82) is 0 Å². The summed E-state index contributed by atoms with van der Waals surface area (Å²) in [6.07, 6.45) is 4.64. The Morgan fingerprint density at radius 2 is 2.29 bits per heavy atom. The highest BCUT2D eigenvalue weighted by Gasteiger charge is 2.21. The summed E-state index contributed by atoms with van der Waals surface area (Å²) in [6.45, 7) is 5.98. The van der Waals surface area contributed by atoms with E-state index in [1.807, 2.05) is 6.92 Å². The van der Waals surface area contributed by atoms with Crippen molar-refractivity contribution in [1.82, 2.24) is 0 Å². The van der Waals surface area contributed by atoms with E-state index in [0.29, 0.717) is 6.61 Å². The van der Waals surface area contributed by atoms with Crippen LogP contribution in [0.5, 0.6) is 0 Å². The summed E-state index contributed by atoms with van der Waals surface area (Å²) in [5.41, 5.74) is 1.16. The summed E-state index contributed by atoms with van der Waals surface area (Å²) >= 11 is 0. The van der Waals surface area contributed by atoms with E-state index < -0.39 is 6.48 Å². The summed E-state index contributed by atoms with van der Waals surface area (Å²) < 4.78 is 16.0. The minimum absolute atomic E-state index is 0.111. The number of rotatable bonds is 5. The van der Waals surface area contributed by atoms with Crippen molar-refractivity contribution in [3.05, 3.63) is 12.2 Å². The first-order chi connectivity index (χ1) is 6.77. The highest BCUT2D eigenvalue weighted by atomic mass is 16.8. The maximum absolute atomic E-state index is 5.65. The van der Waals surface area contributed by atoms with Gasteiger partial charge in [-0.1, -0.05) is 13.0 Å². The van der Waals surface area contributed by atoms with Gasteiger partial charge in [-0.25, -0.2) is 0 Å². The van der Waals surface area contributed by atoms with E-state index in [4.69, 9.17) is 14.2 Å². The topological polar surface area (TPSA) is 27.7 Å². The van der Waals surface area contributed by atoms with Crippen molar-refractivity contribution in [3.8, 4) is 0 Å². The molecule has 0 radical (unpaired) electrons. The van der Waals surface area contributed by atoms with Crippen molar-refractivity contribution in [2.75, 3.05) is 13.7 Å². The number of ether oxygens (including phenoxy) is 3. The van der Waals surface area contributed by atoms with E-state index in [1.54, 1.807) is 7.11 Å². The van der Waals surface area contributed by atoms with E-state index in [2.05, 4.69) is 6.58 Å². The third kappa shape index (κ3) is 3.40. The van der Waals surface area contributed by atoms with Crippen molar-refractivity contribution >= 4 is 0 Å². The second-order valence-electron chi connectivity index (χ2n) is 3.51. The van der Waals surface area contributed by atoms with Crippen LogP contribution < -0.4 is 0 Å². The molecular weight excluding hydrogens is 180 g/mol. The van der Waals surface area contributed by atoms with Gasteiger partial charge in [0.05, 0.1) is 6.10 Å². The van der Waals surface area contributed by atoms with Crippen LogP contribution >= 0.6 is 0 Å². The molecular formula is C11H20O3. The smallest absolute Gasteiger partial charge is 0.271 e. The van der Waals surface area contributed by atoms with Crippen LogP contribution in [-0.4, -0.2) is 26.3 Å². The Bertz CT molecular complexity index is 179. The Morgan fingerprint density at radius 3 is 2.86 bits per heavy atom. The van der Waals surface area contributed by atoms with Crippen molar-refractivity contribution in [3.63, 3.8) is 0 Å². The lowest BCUT2D eigenvalue weighted by molar-refractivity contribution is -0.289. The largest absolute Gasteiger partial charge is 0.333 e. The van der Waals surface area contributed by atoms with Gasteiger partial charge in [0.15, 0.2) is 0 Å². The minimum atomic E-state index is -0.542. The van der Waals surface area contributed by atoms with Gasteiger partial charge in [-0.2, -0.15) is 0 Å². The minimum Gasteiger partial charge on any atom is -0.333 e. The summed E-state index contributed by atoms with van der Waals surface area (Å²) in [6, 6.07) is 0. The van der Waals surface area contributed by atoms with Crippen LogP contribution in [0.15, 0.2) is 12.2 Å². The van der Waals surface area contributed by atoms with Crippen LogP contribution in [-0.2, 0) is 14.2 Å². The fourth-order valence-corrected chi connectivity index (χ4v) is 1.64. The first-order valence-corrected chi connectivity index (χ1v) is 5.25. The summed E-state index contributed by atoms with van der Waals surface area (Å²) in [5, 5.41) is 0. The molecule has 0 aromatic rings. The molecule has 1 rings (SSSR count). The van der Waals surface area contributed by atoms with Gasteiger partial charge < -0.3 is 14.2 Å². The molecule has 1 aliphatic carbocycles. The third-order valence-corrected chi connectivity index (χ3v) is 2.44. The predicted molar refractivity (Wildman–Crippen MR) is 54.9 cm³/mol. The SMILES string of the molecule is C=C1CCCCC1OC(OC)OCC. The maximum Gasteiger partial charge on any atom is 0.271 e. The van der Waals surface area contributed by atoms with Crippen molar-refractivity contribution in [2.45, 2.75) is 45.2 Å². The first kappa shape index (κ1) is 11.7. The van der Waals surface area contributed by atoms with Gasteiger partial charge in [-0.15, -0.1) is 0 Å². The Kier molecular flexibility index (Phi) is 5.15. The van der Waals surface area contributed by atoms with Crippen LogP contribution in [0.4, 0.5) is 0 Å². The summed E-state index contributed by atoms with van der Waals surface area (Å²) in [5.74, 6) is 0. The lowest BCUT2D eigenvalue weighted by Gasteiger charge is -2.28. The van der Waals surface area contributed by atoms with Gasteiger partial charge >= 0.3 is 0 Å². The molecule has 0 aliphatic heterocycles. The number of hydrogen-bond donors (Lipinski definition) is 0. The normalized spacial score (nSPS) is 25.0. The van der Waals surface area contributed by atoms with Crippen LogP contribution in [0.3, 0.4) is 0 Å². The lowest BCUT2D eigenvalue weighted by atomic mass is 9.93. The standard InChI is InChI=1S/C11H20O3/c1-4-13-11(12-3)14-10-8-6-5-7-9(10)2/h10-11H,2,4-8H2,1,3H3. The van der Waals surface area contributed by atoms with Crippen molar-refractivity contribution < 1.29 is 14.2 Å². The summed E-state index contributed by atoms with van der Waals surface area (Å²) in [7, 11) is 1.59. The van der Waals surface area contributed by atoms with Crippen LogP contribution in [0.25, 0.3) is 0 Å². The third-order valence-electron chi connectivity index (χ3n) is 2.44. The molecule has 3 heteroatoms. The van der Waals surface area contributed by atoms with Gasteiger partial charge in [-0.3, -0.25) is 0 Å². The molecule has 0 amide bonds. The van der Waals surface area contributed by atoms with Gasteiger partial charge in [0, 0.05) is 13.7 Å². The molecule has 82 valence electrons. The van der Waals surface area contributed by atoms with E-state index in [1.165, 1.54) is 12.8 Å². The van der Waals surface area contributed by atoms with Gasteiger partial charge in [0.1, 0.15) is 0 Å². The monoisotopic (exact) mass is 200 g/mol. The molecule has 0 bridgehead atoms. The molecule has 0 aromatic carbocycles. The maximum atomic E-state index is 5.65. The second kappa shape index (κ2) is 6.17. The second-order valence-corrected chi connectivity index (χ2v) is 3.51. The first-order valence-electron chi connectivity index (χ1n) is 5.25. The van der Waals surface area contributed by atoms with E-state index in [-0.39, 0.29) is 6.10 Å². The molecule has 0 aromatic heterocycles. The fraction of sp³-hybridized carbons (Fsp3) is 0.818. The molecule has 2 atom stereocenters. The Labute approximate surface area is 86.0 Å². The Balaban J connectivity index is 2.35.